The minimum Gasteiger partial charge on any atom is -0.494 e. The van der Waals surface area contributed by atoms with Crippen LogP contribution >= 0.6 is 0 Å². The summed E-state index contributed by atoms with van der Waals surface area (Å²) in [5, 5.41) is 0. The zero-order valence-corrected chi connectivity index (χ0v) is 13.5. The number of nitrogens with two attached hydrogens (primary N) is 1. The zero-order valence-electron chi connectivity index (χ0n) is 13.5. The summed E-state index contributed by atoms with van der Waals surface area (Å²) in [6, 6.07) is 6.07. The van der Waals surface area contributed by atoms with Gasteiger partial charge in [-0.1, -0.05) is 6.07 Å². The van der Waals surface area contributed by atoms with Crippen molar-refractivity contribution in [2.45, 2.75) is 0 Å². The summed E-state index contributed by atoms with van der Waals surface area (Å²) in [6.45, 7) is 0. The van der Waals surface area contributed by atoms with E-state index in [9.17, 15) is 18.0 Å². The van der Waals surface area contributed by atoms with Crippen LogP contribution in [-0.2, 0) is 0 Å². The molecule has 0 aliphatic carbocycles. The molecule has 0 aliphatic heterocycles. The molecule has 3 rings (SSSR count). The first kappa shape index (κ1) is 17.4. The number of hydrogen-bond donors (Lipinski definition) is 1. The SMILES string of the molecule is COc1ccc(F)c(-c2nc(C(N)=O)c(-c3cccnc3)cc2F)c1F. The number of nitrogens with zero attached hydrogens (tertiary/aromatic N) is 2. The molecule has 0 spiro atoms. The number of pyridine rings is 2. The van der Waals surface area contributed by atoms with Gasteiger partial charge in [0.25, 0.3) is 5.91 Å². The number of hydrogen-bond acceptors (Lipinski definition) is 4. The van der Waals surface area contributed by atoms with Gasteiger partial charge in [0.05, 0.1) is 12.7 Å². The van der Waals surface area contributed by atoms with Crippen molar-refractivity contribution in [2.75, 3.05) is 7.11 Å². The second kappa shape index (κ2) is 6.83. The topological polar surface area (TPSA) is 78.1 Å². The third kappa shape index (κ3) is 2.97. The molecule has 0 radical (unpaired) electrons. The molecule has 0 unspecified atom stereocenters. The summed E-state index contributed by atoms with van der Waals surface area (Å²) >= 11 is 0. The van der Waals surface area contributed by atoms with Crippen molar-refractivity contribution in [3.8, 4) is 28.1 Å². The summed E-state index contributed by atoms with van der Waals surface area (Å²) in [7, 11) is 1.18. The first-order valence-electron chi connectivity index (χ1n) is 7.37. The Bertz CT molecular complexity index is 995. The maximum Gasteiger partial charge on any atom is 0.267 e. The Kier molecular flexibility index (Phi) is 4.57. The van der Waals surface area contributed by atoms with Crippen LogP contribution in [0.4, 0.5) is 13.2 Å². The molecule has 0 saturated heterocycles. The van der Waals surface area contributed by atoms with Gasteiger partial charge in [0.15, 0.2) is 11.6 Å². The van der Waals surface area contributed by atoms with Gasteiger partial charge < -0.3 is 10.5 Å². The van der Waals surface area contributed by atoms with Gasteiger partial charge in [-0.3, -0.25) is 9.78 Å². The molecule has 5 nitrogen and oxygen atoms in total. The van der Waals surface area contributed by atoms with Crippen molar-refractivity contribution < 1.29 is 22.7 Å². The summed E-state index contributed by atoms with van der Waals surface area (Å²) in [5.74, 6) is -4.49. The van der Waals surface area contributed by atoms with E-state index in [-0.39, 0.29) is 17.0 Å². The Morgan fingerprint density at radius 3 is 2.54 bits per heavy atom. The van der Waals surface area contributed by atoms with Gasteiger partial charge in [-0.05, 0) is 24.3 Å². The number of ether oxygens (including phenoxy) is 1. The number of carbonyl (C=O) groups excluding carboxylic acids is 1. The van der Waals surface area contributed by atoms with Crippen molar-refractivity contribution in [3.05, 3.63) is 65.9 Å². The number of rotatable bonds is 4. The molecular formula is C18H12F3N3O2. The van der Waals surface area contributed by atoms with Gasteiger partial charge in [-0.15, -0.1) is 0 Å². The number of halogens is 3. The molecule has 3 aromatic rings. The molecule has 0 saturated carbocycles. The van der Waals surface area contributed by atoms with Gasteiger partial charge in [-0.2, -0.15) is 0 Å². The molecule has 2 aromatic heterocycles. The van der Waals surface area contributed by atoms with Gasteiger partial charge in [0.1, 0.15) is 23.0 Å². The average molecular weight is 359 g/mol. The fourth-order valence-electron chi connectivity index (χ4n) is 2.50. The largest absolute Gasteiger partial charge is 0.494 e. The van der Waals surface area contributed by atoms with E-state index in [0.29, 0.717) is 5.56 Å². The van der Waals surface area contributed by atoms with Crippen molar-refractivity contribution in [1.82, 2.24) is 9.97 Å². The Labute approximate surface area is 146 Å². The lowest BCUT2D eigenvalue weighted by molar-refractivity contribution is 0.0996. The lowest BCUT2D eigenvalue weighted by Gasteiger charge is -2.12. The van der Waals surface area contributed by atoms with Crippen LogP contribution < -0.4 is 10.5 Å². The van der Waals surface area contributed by atoms with E-state index in [1.165, 1.54) is 19.5 Å². The molecule has 0 fully saturated rings. The molecule has 0 aliphatic rings. The fraction of sp³-hybridized carbons (Fsp3) is 0.0556. The number of benzene rings is 1. The molecule has 26 heavy (non-hydrogen) atoms. The summed E-state index contributed by atoms with van der Waals surface area (Å²) in [6.07, 6.45) is 2.88. The molecule has 2 heterocycles. The van der Waals surface area contributed by atoms with Crippen LogP contribution in [0.1, 0.15) is 10.5 Å². The number of carbonyl (C=O) groups is 1. The highest BCUT2D eigenvalue weighted by Gasteiger charge is 2.24. The van der Waals surface area contributed by atoms with E-state index >= 15 is 0 Å². The van der Waals surface area contributed by atoms with E-state index < -0.39 is 34.6 Å². The molecule has 2 N–H and O–H groups in total. The van der Waals surface area contributed by atoms with E-state index in [1.54, 1.807) is 12.1 Å². The standard InChI is InChI=1S/C18H12F3N3O2/c1-26-13-5-4-11(19)14(15(13)21)17-12(20)7-10(16(24-17)18(22)25)9-3-2-6-23-8-9/h2-8H,1H3,(H2,22,25). The summed E-state index contributed by atoms with van der Waals surface area (Å²) < 4.78 is 48.1. The van der Waals surface area contributed by atoms with E-state index in [0.717, 1.165) is 18.2 Å². The van der Waals surface area contributed by atoms with Gasteiger partial charge in [0, 0.05) is 23.5 Å². The van der Waals surface area contributed by atoms with Crippen LogP contribution in [0.15, 0.2) is 42.7 Å². The molecule has 0 bridgehead atoms. The van der Waals surface area contributed by atoms with Crippen LogP contribution in [0, 0.1) is 17.5 Å². The maximum atomic E-state index is 14.7. The fourth-order valence-corrected chi connectivity index (χ4v) is 2.50. The first-order valence-corrected chi connectivity index (χ1v) is 7.37. The Morgan fingerprint density at radius 1 is 1.15 bits per heavy atom. The predicted molar refractivity (Wildman–Crippen MR) is 87.8 cm³/mol. The average Bonchev–Trinajstić information content (AvgIpc) is 2.63. The maximum absolute atomic E-state index is 14.7. The van der Waals surface area contributed by atoms with Crippen molar-refractivity contribution >= 4 is 5.91 Å². The van der Waals surface area contributed by atoms with Crippen molar-refractivity contribution in [3.63, 3.8) is 0 Å². The van der Waals surface area contributed by atoms with Gasteiger partial charge in [0.2, 0.25) is 0 Å². The number of amides is 1. The van der Waals surface area contributed by atoms with Crippen molar-refractivity contribution in [1.29, 1.82) is 0 Å². The predicted octanol–water partition coefficient (Wildman–Crippen LogP) is 3.34. The summed E-state index contributed by atoms with van der Waals surface area (Å²) in [5.41, 5.74) is 4.01. The van der Waals surface area contributed by atoms with Crippen LogP contribution in [0.5, 0.6) is 5.75 Å². The normalized spacial score (nSPS) is 10.6. The Hall–Kier alpha value is -3.42. The Morgan fingerprint density at radius 2 is 1.92 bits per heavy atom. The number of aromatic nitrogens is 2. The van der Waals surface area contributed by atoms with E-state index in [4.69, 9.17) is 10.5 Å². The highest BCUT2D eigenvalue weighted by molar-refractivity contribution is 5.98. The lowest BCUT2D eigenvalue weighted by atomic mass is 10.0. The minimum atomic E-state index is -1.14. The minimum absolute atomic E-state index is 0.0653. The van der Waals surface area contributed by atoms with Gasteiger partial charge in [-0.25, -0.2) is 18.2 Å². The van der Waals surface area contributed by atoms with Gasteiger partial charge >= 0.3 is 0 Å². The second-order valence-corrected chi connectivity index (χ2v) is 5.26. The van der Waals surface area contributed by atoms with Crippen LogP contribution in [-0.4, -0.2) is 23.0 Å². The van der Waals surface area contributed by atoms with E-state index in [1.807, 2.05) is 0 Å². The second-order valence-electron chi connectivity index (χ2n) is 5.26. The number of methoxy groups -OCH3 is 1. The lowest BCUT2D eigenvalue weighted by Crippen LogP contribution is -2.16. The molecule has 1 amide bonds. The highest BCUT2D eigenvalue weighted by atomic mass is 19.1. The monoisotopic (exact) mass is 359 g/mol. The zero-order chi connectivity index (χ0) is 18.8. The number of primary amides is 1. The molecule has 1 aromatic carbocycles. The third-order valence-electron chi connectivity index (χ3n) is 3.69. The van der Waals surface area contributed by atoms with Crippen LogP contribution in [0.3, 0.4) is 0 Å². The van der Waals surface area contributed by atoms with Crippen LogP contribution in [0.25, 0.3) is 22.4 Å². The first-order chi connectivity index (χ1) is 12.4. The van der Waals surface area contributed by atoms with Crippen LogP contribution in [0.2, 0.25) is 0 Å². The highest BCUT2D eigenvalue weighted by Crippen LogP contribution is 2.34. The molecule has 8 heteroatoms. The smallest absolute Gasteiger partial charge is 0.267 e. The third-order valence-corrected chi connectivity index (χ3v) is 3.69. The quantitative estimate of drug-likeness (QED) is 0.775. The molecule has 0 atom stereocenters. The summed E-state index contributed by atoms with van der Waals surface area (Å²) in [4.78, 5) is 19.5. The van der Waals surface area contributed by atoms with Crippen molar-refractivity contribution in [2.24, 2.45) is 5.73 Å². The molecule has 132 valence electrons. The Balaban J connectivity index is 2.29. The molecular weight excluding hydrogens is 347 g/mol. The van der Waals surface area contributed by atoms with E-state index in [2.05, 4.69) is 9.97 Å².